The van der Waals surface area contributed by atoms with Crippen LogP contribution in [0.3, 0.4) is 0 Å². The number of benzene rings is 1. The van der Waals surface area contributed by atoms with Crippen molar-refractivity contribution in [3.8, 4) is 0 Å². The van der Waals surface area contributed by atoms with Crippen molar-refractivity contribution in [2.24, 2.45) is 0 Å². The fourth-order valence-electron chi connectivity index (χ4n) is 0.732. The maximum atomic E-state index is 10.1. The predicted octanol–water partition coefficient (Wildman–Crippen LogP) is 1.78. The minimum absolute atomic E-state index is 0. The Morgan fingerprint density at radius 2 is 1.83 bits per heavy atom. The van der Waals surface area contributed by atoms with Crippen molar-refractivity contribution in [1.29, 1.82) is 0 Å². The van der Waals surface area contributed by atoms with E-state index in [1.54, 1.807) is 6.08 Å². The summed E-state index contributed by atoms with van der Waals surface area (Å²) in [5.41, 5.74) is 0.898. The van der Waals surface area contributed by atoms with Crippen LogP contribution in [0.1, 0.15) is 5.56 Å². The van der Waals surface area contributed by atoms with Gasteiger partial charge in [-0.25, -0.2) is 4.79 Å². The van der Waals surface area contributed by atoms with Gasteiger partial charge in [-0.05, 0) is 11.6 Å². The van der Waals surface area contributed by atoms with E-state index < -0.39 is 5.97 Å². The number of rotatable bonds is 2. The van der Waals surface area contributed by atoms with Gasteiger partial charge in [-0.2, -0.15) is 0 Å². The van der Waals surface area contributed by atoms with E-state index in [9.17, 15) is 4.79 Å². The molecule has 2 nitrogen and oxygen atoms in total. The molecule has 0 spiro atoms. The molecule has 0 aromatic heterocycles. The summed E-state index contributed by atoms with van der Waals surface area (Å²) in [4.78, 5) is 10.1. The van der Waals surface area contributed by atoms with Crippen LogP contribution >= 0.6 is 0 Å². The van der Waals surface area contributed by atoms with Gasteiger partial charge in [0.15, 0.2) is 0 Å². The number of carbonyl (C=O) groups is 1. The van der Waals surface area contributed by atoms with Crippen molar-refractivity contribution in [3.63, 3.8) is 0 Å². The van der Waals surface area contributed by atoms with Crippen LogP contribution in [0.4, 0.5) is 0 Å². The van der Waals surface area contributed by atoms with Gasteiger partial charge in [-0.15, -0.1) is 0 Å². The van der Waals surface area contributed by atoms with Crippen molar-refractivity contribution >= 4 is 12.0 Å². The number of aliphatic carboxylic acids is 1. The molecule has 0 atom stereocenters. The summed E-state index contributed by atoms with van der Waals surface area (Å²) in [7, 11) is 0. The predicted molar refractivity (Wildman–Crippen MR) is 43.1 cm³/mol. The summed E-state index contributed by atoms with van der Waals surface area (Å²) in [6, 6.07) is 9.31. The summed E-state index contributed by atoms with van der Waals surface area (Å²) in [5.74, 6) is -0.922. The Kier molecular flexibility index (Phi) is 5.98. The van der Waals surface area contributed by atoms with E-state index in [1.807, 2.05) is 30.3 Å². The van der Waals surface area contributed by atoms with Gasteiger partial charge in [-0.1, -0.05) is 30.3 Å². The molecule has 1 aromatic carbocycles. The first-order chi connectivity index (χ1) is 5.29. The molecule has 0 heterocycles. The molecule has 0 aliphatic heterocycles. The number of hydrogen-bond donors (Lipinski definition) is 1. The largest absolute Gasteiger partial charge is 0.478 e. The van der Waals surface area contributed by atoms with Crippen LogP contribution in [0, 0.1) is 35.6 Å². The molecular formula is C9H8LaO2. The van der Waals surface area contributed by atoms with Crippen LogP contribution in [0.2, 0.25) is 0 Å². The number of carboxylic acids is 1. The molecule has 12 heavy (non-hydrogen) atoms. The van der Waals surface area contributed by atoms with Gasteiger partial charge in [0.05, 0.1) is 0 Å². The zero-order valence-corrected chi connectivity index (χ0v) is 10.1. The van der Waals surface area contributed by atoms with Crippen LogP contribution in [-0.2, 0) is 4.79 Å². The maximum absolute atomic E-state index is 10.1. The van der Waals surface area contributed by atoms with Crippen LogP contribution in [0.15, 0.2) is 36.4 Å². The van der Waals surface area contributed by atoms with Crippen molar-refractivity contribution in [2.45, 2.75) is 0 Å². The zero-order valence-electron chi connectivity index (χ0n) is 6.47. The molecule has 1 radical (unpaired) electrons. The fourth-order valence-corrected chi connectivity index (χ4v) is 0.732. The summed E-state index contributed by atoms with van der Waals surface area (Å²) in [6.07, 6.45) is 2.68. The molecule has 59 valence electrons. The number of carboxylic acid groups (broad SMARTS) is 1. The molecule has 1 rings (SSSR count). The third kappa shape index (κ3) is 4.49. The first-order valence-electron chi connectivity index (χ1n) is 3.25. The van der Waals surface area contributed by atoms with Gasteiger partial charge in [0, 0.05) is 41.7 Å². The average molecular weight is 287 g/mol. The minimum Gasteiger partial charge on any atom is -0.478 e. The van der Waals surface area contributed by atoms with Crippen molar-refractivity contribution in [1.82, 2.24) is 0 Å². The molecule has 0 amide bonds. The second-order valence-electron chi connectivity index (χ2n) is 2.08. The smallest absolute Gasteiger partial charge is 0.328 e. The second-order valence-corrected chi connectivity index (χ2v) is 2.08. The molecule has 1 N–H and O–H groups in total. The Hall–Kier alpha value is -0.375. The topological polar surface area (TPSA) is 37.3 Å². The quantitative estimate of drug-likeness (QED) is 0.842. The fraction of sp³-hybridized carbons (Fsp3) is 0. The Labute approximate surface area is 98.9 Å². The first kappa shape index (κ1) is 11.6. The van der Waals surface area contributed by atoms with Crippen molar-refractivity contribution in [3.05, 3.63) is 42.0 Å². The normalized spacial score (nSPS) is 9.33. The van der Waals surface area contributed by atoms with Gasteiger partial charge < -0.3 is 5.11 Å². The third-order valence-electron chi connectivity index (χ3n) is 1.22. The summed E-state index contributed by atoms with van der Waals surface area (Å²) in [5, 5.41) is 8.29. The van der Waals surface area contributed by atoms with E-state index in [0.29, 0.717) is 0 Å². The molecule has 0 aliphatic carbocycles. The van der Waals surface area contributed by atoms with Gasteiger partial charge >= 0.3 is 5.97 Å². The van der Waals surface area contributed by atoms with Gasteiger partial charge in [-0.3, -0.25) is 0 Å². The van der Waals surface area contributed by atoms with E-state index in [0.717, 1.165) is 11.6 Å². The van der Waals surface area contributed by atoms with Crippen LogP contribution in [-0.4, -0.2) is 11.1 Å². The van der Waals surface area contributed by atoms with Crippen LogP contribution in [0.5, 0.6) is 0 Å². The van der Waals surface area contributed by atoms with Gasteiger partial charge in [0.1, 0.15) is 0 Å². The Morgan fingerprint density at radius 1 is 1.25 bits per heavy atom. The van der Waals surface area contributed by atoms with Crippen LogP contribution < -0.4 is 0 Å². The van der Waals surface area contributed by atoms with Gasteiger partial charge in [0.25, 0.3) is 0 Å². The Morgan fingerprint density at radius 3 is 2.33 bits per heavy atom. The van der Waals surface area contributed by atoms with Crippen molar-refractivity contribution in [2.75, 3.05) is 0 Å². The zero-order chi connectivity index (χ0) is 8.10. The average Bonchev–Trinajstić information content (AvgIpc) is 2.03. The SMILES string of the molecule is O=C(O)/C=C/c1ccccc1.[La]. The molecule has 0 saturated heterocycles. The molecule has 0 bridgehead atoms. The third-order valence-corrected chi connectivity index (χ3v) is 1.22. The Balaban J connectivity index is 0.00000121. The van der Waals surface area contributed by atoms with E-state index in [4.69, 9.17) is 5.11 Å². The minimum atomic E-state index is -0.922. The van der Waals surface area contributed by atoms with E-state index in [-0.39, 0.29) is 35.6 Å². The van der Waals surface area contributed by atoms with E-state index >= 15 is 0 Å². The summed E-state index contributed by atoms with van der Waals surface area (Å²) >= 11 is 0. The summed E-state index contributed by atoms with van der Waals surface area (Å²) < 4.78 is 0. The van der Waals surface area contributed by atoms with E-state index in [2.05, 4.69) is 0 Å². The first-order valence-corrected chi connectivity index (χ1v) is 3.25. The van der Waals surface area contributed by atoms with Crippen LogP contribution in [0.25, 0.3) is 6.08 Å². The van der Waals surface area contributed by atoms with Gasteiger partial charge in [0.2, 0.25) is 0 Å². The van der Waals surface area contributed by atoms with E-state index in [1.165, 1.54) is 0 Å². The molecule has 1 aromatic rings. The molecular weight excluding hydrogens is 279 g/mol. The molecule has 0 unspecified atom stereocenters. The summed E-state index contributed by atoms with van der Waals surface area (Å²) in [6.45, 7) is 0. The molecule has 3 heteroatoms. The monoisotopic (exact) mass is 287 g/mol. The molecule has 0 fully saturated rings. The second kappa shape index (κ2) is 6.18. The molecule has 0 aliphatic rings. The standard InChI is InChI=1S/C9H8O2.La/c10-9(11)7-6-8-4-2-1-3-5-8;/h1-7H,(H,10,11);/b7-6+;. The Bertz CT molecular complexity index is 267. The molecule has 0 saturated carbocycles. The number of hydrogen-bond acceptors (Lipinski definition) is 1. The maximum Gasteiger partial charge on any atom is 0.328 e. The van der Waals surface area contributed by atoms with Crippen molar-refractivity contribution < 1.29 is 45.5 Å².